The quantitative estimate of drug-likeness (QED) is 0.181. The van der Waals surface area contributed by atoms with Crippen molar-refractivity contribution in [2.24, 2.45) is 0 Å². The number of para-hydroxylation sites is 1. The van der Waals surface area contributed by atoms with Crippen molar-refractivity contribution in [2.75, 3.05) is 0 Å². The summed E-state index contributed by atoms with van der Waals surface area (Å²) in [5.41, 5.74) is 11.9. The van der Waals surface area contributed by atoms with Crippen LogP contribution in [0.4, 0.5) is 0 Å². The number of hydrogen-bond donors (Lipinski definition) is 0. The van der Waals surface area contributed by atoms with E-state index in [4.69, 9.17) is 15.0 Å². The molecule has 10 aromatic rings. The Bertz CT molecular complexity index is 3220. The van der Waals surface area contributed by atoms with Crippen molar-refractivity contribution >= 4 is 53.3 Å². The van der Waals surface area contributed by atoms with Gasteiger partial charge in [0.25, 0.3) is 0 Å². The van der Waals surface area contributed by atoms with Crippen molar-refractivity contribution < 1.29 is 0 Å². The summed E-state index contributed by atoms with van der Waals surface area (Å²) >= 11 is 1.91. The van der Waals surface area contributed by atoms with Crippen LogP contribution in [0.3, 0.4) is 0 Å². The molecule has 5 nitrogen and oxygen atoms in total. The molecule has 258 valence electrons. The van der Waals surface area contributed by atoms with Gasteiger partial charge >= 0.3 is 0 Å². The first-order valence-corrected chi connectivity index (χ1v) is 19.2. The van der Waals surface area contributed by atoms with Crippen LogP contribution < -0.4 is 0 Å². The summed E-state index contributed by atoms with van der Waals surface area (Å²) in [6.07, 6.45) is 0. The van der Waals surface area contributed by atoms with Crippen molar-refractivity contribution in [3.05, 3.63) is 168 Å². The second-order valence-corrected chi connectivity index (χ2v) is 15.8. The molecule has 1 aliphatic carbocycles. The van der Waals surface area contributed by atoms with Crippen molar-refractivity contribution in [1.82, 2.24) is 19.5 Å². The maximum Gasteiger partial charge on any atom is 0.164 e. The van der Waals surface area contributed by atoms with Gasteiger partial charge in [0.15, 0.2) is 17.5 Å². The highest BCUT2D eigenvalue weighted by atomic mass is 32.1. The first-order chi connectivity index (χ1) is 27.0. The molecule has 3 aromatic heterocycles. The molecule has 0 saturated carbocycles. The Labute approximate surface area is 321 Å². The summed E-state index contributed by atoms with van der Waals surface area (Å²) in [7, 11) is 0. The number of rotatable bonds is 4. The zero-order valence-electron chi connectivity index (χ0n) is 30.1. The average molecular weight is 722 g/mol. The standard InChI is InChI=1S/C49H31N5S/c1-49(2)37-17-9-6-14-34(37)40-43(49)41-36-16-8-11-19-39(36)55-45(41)42-35-15-7-10-18-38(35)54(44(40)42)33-26-24-32(25-27-33)48-52-46(30-12-4-3-5-13-30)51-47(53-48)31-22-20-29(28-50)21-23-31/h3-27H,1-2H3. The number of fused-ring (bicyclic) bond motifs is 12. The molecule has 0 fully saturated rings. The summed E-state index contributed by atoms with van der Waals surface area (Å²) in [4.78, 5) is 14.8. The number of aromatic nitrogens is 4. The van der Waals surface area contributed by atoms with Crippen LogP contribution in [-0.2, 0) is 5.41 Å². The molecule has 0 aliphatic heterocycles. The summed E-state index contributed by atoms with van der Waals surface area (Å²) in [6.45, 7) is 4.78. The van der Waals surface area contributed by atoms with Crippen LogP contribution in [0.5, 0.6) is 0 Å². The number of hydrogen-bond acceptors (Lipinski definition) is 5. The largest absolute Gasteiger partial charge is 0.309 e. The minimum absolute atomic E-state index is 0.185. The summed E-state index contributed by atoms with van der Waals surface area (Å²) in [6, 6.07) is 54.9. The highest BCUT2D eigenvalue weighted by molar-refractivity contribution is 7.26. The zero-order chi connectivity index (χ0) is 36.8. The van der Waals surface area contributed by atoms with E-state index in [0.29, 0.717) is 23.0 Å². The van der Waals surface area contributed by atoms with E-state index in [1.54, 1.807) is 12.1 Å². The fourth-order valence-corrected chi connectivity index (χ4v) is 10.0. The smallest absolute Gasteiger partial charge is 0.164 e. The van der Waals surface area contributed by atoms with Crippen LogP contribution in [-0.4, -0.2) is 19.5 Å². The van der Waals surface area contributed by atoms with Crippen LogP contribution in [0.1, 0.15) is 30.5 Å². The second-order valence-electron chi connectivity index (χ2n) is 14.7. The first kappa shape index (κ1) is 31.6. The minimum Gasteiger partial charge on any atom is -0.309 e. The van der Waals surface area contributed by atoms with E-state index in [1.165, 1.54) is 64.2 Å². The summed E-state index contributed by atoms with van der Waals surface area (Å²) in [5, 5.41) is 14.7. The predicted molar refractivity (Wildman–Crippen MR) is 226 cm³/mol. The van der Waals surface area contributed by atoms with Crippen LogP contribution in [0.2, 0.25) is 0 Å². The van der Waals surface area contributed by atoms with E-state index in [0.717, 1.165) is 22.4 Å². The zero-order valence-corrected chi connectivity index (χ0v) is 30.9. The molecule has 0 atom stereocenters. The molecule has 0 spiro atoms. The molecule has 0 radical (unpaired) electrons. The Morgan fingerprint density at radius 3 is 1.87 bits per heavy atom. The number of benzene rings is 7. The lowest BCUT2D eigenvalue weighted by Gasteiger charge is -2.23. The van der Waals surface area contributed by atoms with E-state index >= 15 is 0 Å². The number of thiophene rings is 1. The van der Waals surface area contributed by atoms with Crippen molar-refractivity contribution in [3.63, 3.8) is 0 Å². The minimum atomic E-state index is -0.185. The fourth-order valence-electron chi connectivity index (χ4n) is 8.76. The lowest BCUT2D eigenvalue weighted by molar-refractivity contribution is 0.667. The van der Waals surface area contributed by atoms with Gasteiger partial charge < -0.3 is 4.57 Å². The van der Waals surface area contributed by atoms with E-state index in [2.05, 4.69) is 122 Å². The monoisotopic (exact) mass is 721 g/mol. The van der Waals surface area contributed by atoms with Gasteiger partial charge in [-0.15, -0.1) is 11.3 Å². The van der Waals surface area contributed by atoms with Gasteiger partial charge in [-0.25, -0.2) is 15.0 Å². The Morgan fingerprint density at radius 1 is 0.582 bits per heavy atom. The highest BCUT2D eigenvalue weighted by Gasteiger charge is 2.40. The highest BCUT2D eigenvalue weighted by Crippen LogP contribution is 2.58. The fraction of sp³-hybridized carbons (Fsp3) is 0.0612. The number of nitrogens with zero attached hydrogens (tertiary/aromatic N) is 5. The first-order valence-electron chi connectivity index (χ1n) is 18.4. The Balaban J connectivity index is 1.16. The molecule has 0 N–H and O–H groups in total. The third-order valence-electron chi connectivity index (χ3n) is 11.3. The van der Waals surface area contributed by atoms with E-state index in [1.807, 2.05) is 53.8 Å². The predicted octanol–water partition coefficient (Wildman–Crippen LogP) is 12.5. The molecule has 0 bridgehead atoms. The van der Waals surface area contributed by atoms with E-state index in [9.17, 15) is 5.26 Å². The van der Waals surface area contributed by atoms with Gasteiger partial charge in [-0.05, 0) is 77.4 Å². The van der Waals surface area contributed by atoms with Crippen LogP contribution in [0.15, 0.2) is 152 Å². The number of nitriles is 1. The van der Waals surface area contributed by atoms with Crippen LogP contribution in [0.25, 0.3) is 93.0 Å². The molecular weight excluding hydrogens is 691 g/mol. The summed E-state index contributed by atoms with van der Waals surface area (Å²) in [5.74, 6) is 1.75. The average Bonchev–Trinajstić information content (AvgIpc) is 3.87. The third kappa shape index (κ3) is 4.60. The van der Waals surface area contributed by atoms with E-state index < -0.39 is 0 Å². The summed E-state index contributed by atoms with van der Waals surface area (Å²) < 4.78 is 5.13. The van der Waals surface area contributed by atoms with E-state index in [-0.39, 0.29) is 5.41 Å². The molecule has 0 saturated heterocycles. The van der Waals surface area contributed by atoms with Gasteiger partial charge in [0.1, 0.15) is 0 Å². The molecule has 55 heavy (non-hydrogen) atoms. The van der Waals surface area contributed by atoms with Crippen LogP contribution >= 0.6 is 11.3 Å². The maximum absolute atomic E-state index is 9.39. The molecule has 7 aromatic carbocycles. The molecule has 11 rings (SSSR count). The second kappa shape index (κ2) is 11.8. The van der Waals surface area contributed by atoms with Gasteiger partial charge in [-0.2, -0.15) is 5.26 Å². The normalized spacial score (nSPS) is 13.0. The van der Waals surface area contributed by atoms with Gasteiger partial charge in [-0.3, -0.25) is 0 Å². The molecule has 0 amide bonds. The van der Waals surface area contributed by atoms with Crippen molar-refractivity contribution in [2.45, 2.75) is 19.3 Å². The SMILES string of the molecule is CC1(C)c2ccccc2-c2c1c1c3ccccc3sc1c1c3ccccc3n(-c3ccc(-c4nc(-c5ccccc5)nc(-c5ccc(C#N)cc5)n4)cc3)c21. The Hall–Kier alpha value is -6.94. The molecular formula is C49H31N5S. The van der Waals surface area contributed by atoms with Crippen molar-refractivity contribution in [3.8, 4) is 57.0 Å². The lowest BCUT2D eigenvalue weighted by atomic mass is 9.80. The third-order valence-corrected chi connectivity index (χ3v) is 12.4. The van der Waals surface area contributed by atoms with Gasteiger partial charge in [-0.1, -0.05) is 105 Å². The Morgan fingerprint density at radius 2 is 1.16 bits per heavy atom. The lowest BCUT2D eigenvalue weighted by Crippen LogP contribution is -2.15. The van der Waals surface area contributed by atoms with Crippen LogP contribution in [0, 0.1) is 11.3 Å². The maximum atomic E-state index is 9.39. The topological polar surface area (TPSA) is 67.4 Å². The molecule has 1 aliphatic rings. The van der Waals surface area contributed by atoms with Crippen molar-refractivity contribution in [1.29, 1.82) is 5.26 Å². The molecule has 0 unspecified atom stereocenters. The van der Waals surface area contributed by atoms with Gasteiger partial charge in [0.05, 0.1) is 22.7 Å². The van der Waals surface area contributed by atoms with Gasteiger partial charge in [0.2, 0.25) is 0 Å². The van der Waals surface area contributed by atoms with Gasteiger partial charge in [0, 0.05) is 64.3 Å². The molecule has 3 heterocycles. The Kier molecular flexibility index (Phi) is 6.76. The molecule has 6 heteroatoms.